The minimum absolute atomic E-state index is 0.0155. The summed E-state index contributed by atoms with van der Waals surface area (Å²) >= 11 is 1.44. The van der Waals surface area contributed by atoms with Crippen molar-refractivity contribution in [1.29, 1.82) is 0 Å². The Morgan fingerprint density at radius 1 is 0.920 bits per heavy atom. The van der Waals surface area contributed by atoms with Gasteiger partial charge in [0.05, 0.1) is 22.5 Å². The molecule has 2 N–H and O–H groups in total. The summed E-state index contributed by atoms with van der Waals surface area (Å²) in [4.78, 5) is 37.5. The third-order valence-corrected chi connectivity index (χ3v) is 11.1. The first-order valence-corrected chi connectivity index (χ1v) is 18.2. The molecule has 252 valence electrons. The number of hydrogen-bond donors (Lipinski definition) is 2. The number of carboxylic acids is 1. The van der Waals surface area contributed by atoms with Gasteiger partial charge in [-0.3, -0.25) is 14.8 Å². The van der Waals surface area contributed by atoms with Gasteiger partial charge in [0.25, 0.3) is 5.91 Å². The number of nitrogens with one attached hydrogen (secondary N) is 1. The van der Waals surface area contributed by atoms with Crippen LogP contribution in [0.5, 0.6) is 0 Å². The number of benzene rings is 3. The van der Waals surface area contributed by atoms with Gasteiger partial charge in [0.2, 0.25) is 0 Å². The summed E-state index contributed by atoms with van der Waals surface area (Å²) in [5.41, 5.74) is 5.88. The number of carbonyl (C=O) groups excluding carboxylic acids is 1. The van der Waals surface area contributed by atoms with E-state index in [1.54, 1.807) is 6.20 Å². The molecule has 0 spiro atoms. The number of hydrogen-bond acceptors (Lipinski definition) is 7. The average Bonchev–Trinajstić information content (AvgIpc) is 3.81. The summed E-state index contributed by atoms with van der Waals surface area (Å²) < 4.78 is 3.01. The van der Waals surface area contributed by atoms with Gasteiger partial charge in [-0.05, 0) is 65.8 Å². The minimum Gasteiger partial charge on any atom is -0.476 e. The van der Waals surface area contributed by atoms with Crippen LogP contribution in [0.4, 0.5) is 10.9 Å². The predicted octanol–water partition coefficient (Wildman–Crippen LogP) is 8.63. The Morgan fingerprint density at radius 2 is 1.74 bits per heavy atom. The molecule has 9 nitrogen and oxygen atoms in total. The molecule has 0 bridgehead atoms. The number of aromatic nitrogens is 4. The Labute approximate surface area is 294 Å². The van der Waals surface area contributed by atoms with E-state index >= 15 is 0 Å². The zero-order chi connectivity index (χ0) is 34.0. The largest absolute Gasteiger partial charge is 0.476 e. The van der Waals surface area contributed by atoms with E-state index in [0.717, 1.165) is 33.3 Å². The second-order valence-electron chi connectivity index (χ2n) is 13.3. The summed E-state index contributed by atoms with van der Waals surface area (Å²) in [5, 5.41) is 18.7. The molecule has 1 fully saturated rings. The first-order chi connectivity index (χ1) is 24.5. The maximum absolute atomic E-state index is 13.5. The molecular weight excluding hydrogens is 645 g/mol. The number of carbonyl (C=O) groups is 2. The molecule has 6 aromatic rings. The summed E-state index contributed by atoms with van der Waals surface area (Å²) in [6.45, 7) is 1.08. The molecule has 1 saturated carbocycles. The normalized spacial score (nSPS) is 15.5. The topological polar surface area (TPSA) is 113 Å². The number of rotatable bonds is 9. The fraction of sp³-hybridized carbons (Fsp3) is 0.275. The van der Waals surface area contributed by atoms with E-state index in [4.69, 9.17) is 10.1 Å². The van der Waals surface area contributed by atoms with Crippen LogP contribution >= 0.6 is 11.3 Å². The highest BCUT2D eigenvalue weighted by molar-refractivity contribution is 7.22. The van der Waals surface area contributed by atoms with E-state index in [-0.39, 0.29) is 17.6 Å². The van der Waals surface area contributed by atoms with Crippen molar-refractivity contribution in [3.63, 3.8) is 0 Å². The van der Waals surface area contributed by atoms with Crippen molar-refractivity contribution in [3.05, 3.63) is 125 Å². The van der Waals surface area contributed by atoms with E-state index in [1.165, 1.54) is 49.0 Å². The third kappa shape index (κ3) is 6.50. The van der Waals surface area contributed by atoms with Crippen molar-refractivity contribution < 1.29 is 14.7 Å². The Balaban J connectivity index is 1.05. The number of carboxylic acid groups (broad SMARTS) is 1. The Bertz CT molecular complexity index is 2140. The first-order valence-electron chi connectivity index (χ1n) is 17.4. The van der Waals surface area contributed by atoms with Crippen molar-refractivity contribution in [2.24, 2.45) is 5.92 Å². The van der Waals surface area contributed by atoms with Gasteiger partial charge in [-0.1, -0.05) is 98.0 Å². The number of pyridine rings is 1. The molecule has 1 unspecified atom stereocenters. The van der Waals surface area contributed by atoms with E-state index in [1.807, 2.05) is 70.4 Å². The fourth-order valence-electron chi connectivity index (χ4n) is 7.56. The summed E-state index contributed by atoms with van der Waals surface area (Å²) in [7, 11) is 0. The second kappa shape index (κ2) is 13.9. The number of amides is 1. The summed E-state index contributed by atoms with van der Waals surface area (Å²) in [5.74, 6) is -0.104. The molecular formula is C40H38N6O3S. The maximum Gasteiger partial charge on any atom is 0.355 e. The lowest BCUT2D eigenvalue weighted by atomic mass is 9.83. The molecule has 10 heteroatoms. The van der Waals surface area contributed by atoms with Crippen molar-refractivity contribution in [3.8, 4) is 11.1 Å². The third-order valence-electron chi connectivity index (χ3n) is 10.1. The van der Waals surface area contributed by atoms with Gasteiger partial charge < -0.3 is 10.0 Å². The van der Waals surface area contributed by atoms with Crippen LogP contribution in [-0.2, 0) is 13.0 Å². The molecule has 1 aliphatic carbocycles. The predicted molar refractivity (Wildman–Crippen MR) is 197 cm³/mol. The van der Waals surface area contributed by atoms with Crippen LogP contribution < -0.4 is 10.2 Å². The highest BCUT2D eigenvalue weighted by Gasteiger charge is 2.27. The highest BCUT2D eigenvalue weighted by Crippen LogP contribution is 2.36. The smallest absolute Gasteiger partial charge is 0.355 e. The number of nitrogens with zero attached hydrogens (tertiary/aromatic N) is 5. The van der Waals surface area contributed by atoms with Crippen LogP contribution in [0.2, 0.25) is 0 Å². The van der Waals surface area contributed by atoms with Crippen molar-refractivity contribution in [2.45, 2.75) is 57.5 Å². The zero-order valence-corrected chi connectivity index (χ0v) is 28.5. The Kier molecular flexibility index (Phi) is 8.85. The number of anilines is 2. The van der Waals surface area contributed by atoms with Crippen molar-refractivity contribution in [2.75, 3.05) is 16.8 Å². The van der Waals surface area contributed by atoms with Gasteiger partial charge in [-0.2, -0.15) is 5.10 Å². The molecule has 0 radical (unpaired) electrons. The highest BCUT2D eigenvalue weighted by atomic mass is 32.1. The van der Waals surface area contributed by atoms with Gasteiger partial charge in [0, 0.05) is 36.0 Å². The van der Waals surface area contributed by atoms with E-state index in [9.17, 15) is 14.7 Å². The van der Waals surface area contributed by atoms with Crippen molar-refractivity contribution in [1.82, 2.24) is 19.7 Å². The van der Waals surface area contributed by atoms with E-state index in [0.29, 0.717) is 47.5 Å². The molecule has 3 aromatic carbocycles. The summed E-state index contributed by atoms with van der Waals surface area (Å²) in [6.07, 6.45) is 11.8. The average molecular weight is 683 g/mol. The number of aromatic carboxylic acids is 1. The Morgan fingerprint density at radius 3 is 2.56 bits per heavy atom. The van der Waals surface area contributed by atoms with Gasteiger partial charge in [0.15, 0.2) is 10.8 Å². The van der Waals surface area contributed by atoms with Crippen molar-refractivity contribution >= 4 is 44.4 Å². The summed E-state index contributed by atoms with van der Waals surface area (Å²) in [6, 6.07) is 27.9. The molecule has 2 aliphatic rings. The monoisotopic (exact) mass is 682 g/mol. The Hall–Kier alpha value is -5.35. The molecule has 8 rings (SSSR count). The lowest BCUT2D eigenvalue weighted by molar-refractivity contribution is 0.0691. The van der Waals surface area contributed by atoms with Gasteiger partial charge in [-0.25, -0.2) is 14.8 Å². The molecule has 50 heavy (non-hydrogen) atoms. The minimum atomic E-state index is -1.09. The quantitative estimate of drug-likeness (QED) is 0.157. The molecule has 3 aromatic heterocycles. The first kappa shape index (κ1) is 31.9. The molecule has 1 aliphatic heterocycles. The number of thiazole rings is 1. The molecule has 1 amide bonds. The van der Waals surface area contributed by atoms with E-state index in [2.05, 4.69) is 40.6 Å². The van der Waals surface area contributed by atoms with Crippen LogP contribution in [0.3, 0.4) is 0 Å². The number of para-hydroxylation sites is 1. The van der Waals surface area contributed by atoms with Crippen LogP contribution in [0, 0.1) is 5.92 Å². The van der Waals surface area contributed by atoms with Crippen LogP contribution in [0.1, 0.15) is 82.1 Å². The standard InChI is InChI=1S/C40H38N6O3S/c47-38(44-40-42-33-16-7-8-17-35(33)50-40)31-15-9-14-27-20-21-45(25-32(27)31)36-19-18-30(37(43-36)39(48)49)29-23-41-46(24-29)34(28-12-5-2-6-13-28)22-26-10-3-1-4-11-26/h2,5-9,12-19,23-24,26,34H,1,3-4,10-11,20-22,25H2,(H,48,49)(H,42,44,47). The maximum atomic E-state index is 13.5. The van der Waals surface area contributed by atoms with E-state index < -0.39 is 5.97 Å². The lowest BCUT2D eigenvalue weighted by Gasteiger charge is -2.31. The van der Waals surface area contributed by atoms with Gasteiger partial charge in [0.1, 0.15) is 5.82 Å². The fourth-order valence-corrected chi connectivity index (χ4v) is 8.42. The lowest BCUT2D eigenvalue weighted by Crippen LogP contribution is -2.33. The van der Waals surface area contributed by atoms with Crippen LogP contribution in [-0.4, -0.2) is 43.3 Å². The second-order valence-corrected chi connectivity index (χ2v) is 14.3. The molecule has 4 heterocycles. The SMILES string of the molecule is O=C(Nc1nc2ccccc2s1)c1cccc2c1CN(c1ccc(-c3cnn(C(CC4CCCCC4)c4ccccc4)c3)c(C(=O)O)n1)CC2. The molecule has 0 saturated heterocycles. The van der Waals surface area contributed by atoms with Gasteiger partial charge >= 0.3 is 5.97 Å². The number of fused-ring (bicyclic) bond motifs is 2. The van der Waals surface area contributed by atoms with Crippen LogP contribution in [0.25, 0.3) is 21.3 Å². The van der Waals surface area contributed by atoms with Crippen LogP contribution in [0.15, 0.2) is 97.3 Å². The molecule has 1 atom stereocenters. The zero-order valence-electron chi connectivity index (χ0n) is 27.7. The van der Waals surface area contributed by atoms with Gasteiger partial charge in [-0.15, -0.1) is 0 Å².